The van der Waals surface area contributed by atoms with Crippen LogP contribution in [0.2, 0.25) is 0 Å². The molecule has 0 radical (unpaired) electrons. The zero-order chi connectivity index (χ0) is 14.7. The minimum atomic E-state index is -0.0847. The van der Waals surface area contributed by atoms with Crippen molar-refractivity contribution < 1.29 is 14.3 Å². The summed E-state index contributed by atoms with van der Waals surface area (Å²) in [6, 6.07) is 3.53. The van der Waals surface area contributed by atoms with Gasteiger partial charge >= 0.3 is 5.97 Å². The van der Waals surface area contributed by atoms with E-state index in [0.717, 1.165) is 24.0 Å². The molecule has 7 atom stereocenters. The van der Waals surface area contributed by atoms with E-state index in [1.807, 2.05) is 6.92 Å². The van der Waals surface area contributed by atoms with Gasteiger partial charge in [-0.25, -0.2) is 0 Å². The molecule has 7 rings (SSSR count). The van der Waals surface area contributed by atoms with E-state index in [0.29, 0.717) is 0 Å². The maximum atomic E-state index is 12.5. The van der Waals surface area contributed by atoms with Crippen LogP contribution in [0.1, 0.15) is 40.7 Å². The first-order valence-corrected chi connectivity index (χ1v) is 8.17. The molecule has 1 aromatic carbocycles. The van der Waals surface area contributed by atoms with Gasteiger partial charge < -0.3 is 9.47 Å². The van der Waals surface area contributed by atoms with Crippen LogP contribution in [-0.2, 0) is 20.7 Å². The van der Waals surface area contributed by atoms with Gasteiger partial charge in [-0.2, -0.15) is 0 Å². The molecule has 4 fully saturated rings. The average molecular weight is 296 g/mol. The molecule has 0 N–H and O–H groups in total. The van der Waals surface area contributed by atoms with Gasteiger partial charge in [0.2, 0.25) is 0 Å². The second-order valence-corrected chi connectivity index (χ2v) is 7.55. The van der Waals surface area contributed by atoms with Crippen molar-refractivity contribution in [3.05, 3.63) is 44.6 Å². The van der Waals surface area contributed by atoms with Gasteiger partial charge in [-0.05, 0) is 60.1 Å². The predicted octanol–water partition coefficient (Wildman–Crippen LogP) is 1.63. The highest BCUT2D eigenvalue weighted by atomic mass is 16.6. The van der Waals surface area contributed by atoms with Crippen LogP contribution < -0.4 is 5.43 Å². The third kappa shape index (κ3) is 1.11. The lowest BCUT2D eigenvalue weighted by Crippen LogP contribution is -2.44. The Balaban J connectivity index is 1.78. The molecule has 0 amide bonds. The van der Waals surface area contributed by atoms with E-state index in [9.17, 15) is 9.59 Å². The zero-order valence-electron chi connectivity index (χ0n) is 12.2. The van der Waals surface area contributed by atoms with Crippen molar-refractivity contribution in [3.63, 3.8) is 0 Å². The van der Waals surface area contributed by atoms with Crippen molar-refractivity contribution in [3.8, 4) is 0 Å². The van der Waals surface area contributed by atoms with E-state index in [1.165, 1.54) is 11.1 Å². The summed E-state index contributed by atoms with van der Waals surface area (Å²) in [5, 5.41) is 0. The van der Waals surface area contributed by atoms with Crippen molar-refractivity contribution in [1.82, 2.24) is 0 Å². The van der Waals surface area contributed by atoms with E-state index >= 15 is 0 Å². The number of esters is 1. The Morgan fingerprint density at radius 1 is 1.14 bits per heavy atom. The first-order chi connectivity index (χ1) is 10.6. The van der Waals surface area contributed by atoms with Gasteiger partial charge in [0.05, 0.1) is 18.1 Å². The highest BCUT2D eigenvalue weighted by molar-refractivity contribution is 5.78. The Morgan fingerprint density at radius 3 is 2.86 bits per heavy atom. The Kier molecular flexibility index (Phi) is 1.86. The highest BCUT2D eigenvalue weighted by Crippen LogP contribution is 2.67. The first-order valence-electron chi connectivity index (χ1n) is 8.17. The molecule has 6 bridgehead atoms. The third-order valence-corrected chi connectivity index (χ3v) is 6.62. The molecule has 112 valence electrons. The lowest BCUT2D eigenvalue weighted by molar-refractivity contribution is -0.166. The van der Waals surface area contributed by atoms with Gasteiger partial charge in [0, 0.05) is 11.8 Å². The minimum Gasteiger partial charge on any atom is -0.459 e. The first kappa shape index (κ1) is 11.8. The molecule has 4 heteroatoms. The van der Waals surface area contributed by atoms with Crippen LogP contribution in [-0.4, -0.2) is 18.2 Å². The Bertz CT molecular complexity index is 813. The van der Waals surface area contributed by atoms with Crippen molar-refractivity contribution in [2.75, 3.05) is 0 Å². The summed E-state index contributed by atoms with van der Waals surface area (Å²) in [6.07, 6.45) is 1.67. The Morgan fingerprint density at radius 2 is 2.00 bits per heavy atom. The summed E-state index contributed by atoms with van der Waals surface area (Å²) < 4.78 is 12.1. The van der Waals surface area contributed by atoms with E-state index in [2.05, 4.69) is 0 Å². The molecule has 3 heterocycles. The second kappa shape index (κ2) is 3.46. The number of hydrogen-bond donors (Lipinski definition) is 0. The number of ether oxygens (including phenoxy) is 2. The van der Waals surface area contributed by atoms with Crippen LogP contribution in [0.25, 0.3) is 0 Å². The van der Waals surface area contributed by atoms with Gasteiger partial charge in [-0.15, -0.1) is 0 Å². The van der Waals surface area contributed by atoms with E-state index in [1.54, 1.807) is 12.1 Å². The van der Waals surface area contributed by atoms with Crippen LogP contribution in [0.5, 0.6) is 0 Å². The van der Waals surface area contributed by atoms with Crippen LogP contribution in [0.4, 0.5) is 0 Å². The SMILES string of the molecule is Cc1cc(=O)cc2c3c1[C@@H]1O[C@@H]4C[C@@H](C2)[C@H]2C(=O)O[C@@H]4[C@@H]1[C@@H]32. The smallest absolute Gasteiger partial charge is 0.310 e. The molecular formula is C18H16O4. The lowest BCUT2D eigenvalue weighted by Gasteiger charge is -2.40. The molecule has 1 aromatic rings. The quantitative estimate of drug-likeness (QED) is 0.683. The van der Waals surface area contributed by atoms with Gasteiger partial charge in [0.15, 0.2) is 5.43 Å². The largest absolute Gasteiger partial charge is 0.459 e. The monoisotopic (exact) mass is 296 g/mol. The maximum absolute atomic E-state index is 12.5. The van der Waals surface area contributed by atoms with Crippen LogP contribution in [0.15, 0.2) is 16.9 Å². The minimum absolute atomic E-state index is 0.00944. The van der Waals surface area contributed by atoms with Crippen molar-refractivity contribution in [1.29, 1.82) is 0 Å². The standard InChI is InChI=1S/C18H16O4/c1-6-2-9(19)4-7-3-8-5-10-16-15-14(13(8)18(20)22-16)12(7)11(6)17(15)21-10/h2,4,8,10,13-17H,3,5H2,1H3/t8-,10-,13-,14+,15+,16+,17+/m1/s1. The highest BCUT2D eigenvalue weighted by Gasteiger charge is 2.67. The summed E-state index contributed by atoms with van der Waals surface area (Å²) in [5.41, 5.74) is 4.67. The fourth-order valence-corrected chi connectivity index (χ4v) is 6.08. The van der Waals surface area contributed by atoms with Crippen LogP contribution in [0, 0.1) is 24.7 Å². The number of carbonyl (C=O) groups excluding carboxylic acids is 1. The van der Waals surface area contributed by atoms with Crippen molar-refractivity contribution in [2.24, 2.45) is 17.8 Å². The number of aryl methyl sites for hydroxylation is 1. The molecular weight excluding hydrogens is 280 g/mol. The van der Waals surface area contributed by atoms with E-state index in [-0.39, 0.29) is 53.4 Å². The van der Waals surface area contributed by atoms with E-state index < -0.39 is 0 Å². The predicted molar refractivity (Wildman–Crippen MR) is 76.5 cm³/mol. The Labute approximate surface area is 127 Å². The van der Waals surface area contributed by atoms with E-state index in [4.69, 9.17) is 9.47 Å². The van der Waals surface area contributed by atoms with Gasteiger partial charge in [0.25, 0.3) is 0 Å². The molecule has 1 saturated carbocycles. The van der Waals surface area contributed by atoms with Gasteiger partial charge in [0.1, 0.15) is 6.10 Å². The number of rotatable bonds is 0. The maximum Gasteiger partial charge on any atom is 0.310 e. The summed E-state index contributed by atoms with van der Waals surface area (Å²) in [4.78, 5) is 24.7. The van der Waals surface area contributed by atoms with Crippen molar-refractivity contribution in [2.45, 2.75) is 44.0 Å². The van der Waals surface area contributed by atoms with Crippen molar-refractivity contribution >= 4 is 5.97 Å². The molecule has 4 nitrogen and oxygen atoms in total. The molecule has 3 saturated heterocycles. The van der Waals surface area contributed by atoms with Crippen LogP contribution in [0.3, 0.4) is 0 Å². The van der Waals surface area contributed by atoms with Gasteiger partial charge in [-0.1, -0.05) is 0 Å². The number of fused-ring (bicyclic) bond motifs is 2. The lowest BCUT2D eigenvalue weighted by atomic mass is 9.67. The normalized spacial score (nSPS) is 45.1. The third-order valence-electron chi connectivity index (χ3n) is 6.62. The molecule has 0 unspecified atom stereocenters. The molecule has 0 spiro atoms. The van der Waals surface area contributed by atoms with Crippen LogP contribution >= 0.6 is 0 Å². The Hall–Kier alpha value is -1.68. The summed E-state index contributed by atoms with van der Waals surface area (Å²) in [5.74, 6) is 0.677. The topological polar surface area (TPSA) is 52.6 Å². The number of hydrogen-bond acceptors (Lipinski definition) is 4. The molecule has 0 aromatic heterocycles. The summed E-state index contributed by atoms with van der Waals surface area (Å²) in [7, 11) is 0. The second-order valence-electron chi connectivity index (χ2n) is 7.55. The van der Waals surface area contributed by atoms with Gasteiger partial charge in [-0.3, -0.25) is 9.59 Å². The molecule has 3 aliphatic heterocycles. The summed E-state index contributed by atoms with van der Waals surface area (Å²) >= 11 is 0. The zero-order valence-corrected chi connectivity index (χ0v) is 12.2. The fraction of sp³-hybridized carbons (Fsp3) is 0.556. The average Bonchev–Trinajstić information content (AvgIpc) is 2.87. The molecule has 6 aliphatic rings. The number of carbonyl (C=O) groups is 1. The molecule has 22 heavy (non-hydrogen) atoms. The molecule has 3 aliphatic carbocycles. The fourth-order valence-electron chi connectivity index (χ4n) is 6.08. The summed E-state index contributed by atoms with van der Waals surface area (Å²) in [6.45, 7) is 2.00.